The second-order valence-electron chi connectivity index (χ2n) is 3.73. The maximum atomic E-state index is 5.50. The van der Waals surface area contributed by atoms with Gasteiger partial charge in [-0.1, -0.05) is 13.0 Å². The van der Waals surface area contributed by atoms with Gasteiger partial charge in [0.25, 0.3) is 0 Å². The molecule has 2 rings (SSSR count). The second kappa shape index (κ2) is 3.92. The fourth-order valence-electron chi connectivity index (χ4n) is 1.61. The fraction of sp³-hybridized carbons (Fsp3) is 0.600. The van der Waals surface area contributed by atoms with Crippen LogP contribution in [-0.2, 0) is 0 Å². The van der Waals surface area contributed by atoms with E-state index in [0.717, 1.165) is 18.5 Å². The molecule has 1 aromatic rings. The highest BCUT2D eigenvalue weighted by Gasteiger charge is 2.20. The van der Waals surface area contributed by atoms with E-state index in [4.69, 9.17) is 4.42 Å². The van der Waals surface area contributed by atoms with Gasteiger partial charge in [-0.25, -0.2) is 0 Å². The molecule has 0 saturated carbocycles. The van der Waals surface area contributed by atoms with Crippen LogP contribution in [0.2, 0.25) is 0 Å². The van der Waals surface area contributed by atoms with E-state index in [2.05, 4.69) is 22.1 Å². The number of piperidine rings is 1. The molecule has 14 heavy (non-hydrogen) atoms. The lowest BCUT2D eigenvalue weighted by atomic mass is 10.1. The largest absolute Gasteiger partial charge is 0.419 e. The van der Waals surface area contributed by atoms with Crippen molar-refractivity contribution in [2.24, 2.45) is 0 Å². The Kier molecular flexibility index (Phi) is 2.63. The molecular formula is C10H15N3O. The number of allylic oxidation sites excluding steroid dienone is 1. The zero-order valence-electron chi connectivity index (χ0n) is 8.42. The van der Waals surface area contributed by atoms with Crippen LogP contribution in [0.4, 0.5) is 0 Å². The highest BCUT2D eigenvalue weighted by Crippen LogP contribution is 2.22. The van der Waals surface area contributed by atoms with Crippen molar-refractivity contribution in [3.8, 4) is 0 Å². The Morgan fingerprint density at radius 3 is 2.93 bits per heavy atom. The average molecular weight is 193 g/mol. The van der Waals surface area contributed by atoms with Crippen LogP contribution in [0.25, 0.3) is 5.57 Å². The van der Waals surface area contributed by atoms with Gasteiger partial charge >= 0.3 is 0 Å². The molecule has 0 spiro atoms. The van der Waals surface area contributed by atoms with Crippen LogP contribution in [0, 0.1) is 0 Å². The first-order valence-corrected chi connectivity index (χ1v) is 5.00. The predicted octanol–water partition coefficient (Wildman–Crippen LogP) is 1.92. The Hall–Kier alpha value is -1.16. The minimum atomic E-state index is 0.240. The summed E-state index contributed by atoms with van der Waals surface area (Å²) in [6.45, 7) is 6.67. The smallest absolute Gasteiger partial charge is 0.242 e. The molecule has 0 aliphatic carbocycles. The van der Waals surface area contributed by atoms with Gasteiger partial charge in [0.2, 0.25) is 11.8 Å². The molecule has 2 heterocycles. The summed E-state index contributed by atoms with van der Waals surface area (Å²) in [5, 5.41) is 11.3. The average Bonchev–Trinajstić information content (AvgIpc) is 2.68. The summed E-state index contributed by atoms with van der Waals surface area (Å²) in [5.74, 6) is 1.25. The normalized spacial score (nSPS) is 22.2. The molecule has 4 nitrogen and oxygen atoms in total. The summed E-state index contributed by atoms with van der Waals surface area (Å²) < 4.78 is 5.50. The summed E-state index contributed by atoms with van der Waals surface area (Å²) in [7, 11) is 0. The van der Waals surface area contributed by atoms with Gasteiger partial charge in [0.05, 0.1) is 6.04 Å². The fourth-order valence-corrected chi connectivity index (χ4v) is 1.61. The number of nitrogens with one attached hydrogen (secondary N) is 1. The van der Waals surface area contributed by atoms with Crippen molar-refractivity contribution in [2.45, 2.75) is 32.2 Å². The van der Waals surface area contributed by atoms with Gasteiger partial charge in [-0.3, -0.25) is 0 Å². The first-order valence-electron chi connectivity index (χ1n) is 5.00. The van der Waals surface area contributed by atoms with Crippen molar-refractivity contribution in [3.05, 3.63) is 18.4 Å². The molecule has 1 aliphatic rings. The lowest BCUT2D eigenvalue weighted by molar-refractivity contribution is 0.336. The van der Waals surface area contributed by atoms with Crippen LogP contribution >= 0.6 is 0 Å². The zero-order valence-corrected chi connectivity index (χ0v) is 8.42. The molecule has 0 radical (unpaired) electrons. The van der Waals surface area contributed by atoms with Crippen molar-refractivity contribution in [3.63, 3.8) is 0 Å². The summed E-state index contributed by atoms with van der Waals surface area (Å²) >= 11 is 0. The van der Waals surface area contributed by atoms with Crippen LogP contribution in [-0.4, -0.2) is 16.7 Å². The highest BCUT2D eigenvalue weighted by atomic mass is 16.4. The molecule has 1 saturated heterocycles. The molecule has 0 aromatic carbocycles. The van der Waals surface area contributed by atoms with Crippen molar-refractivity contribution in [2.75, 3.05) is 6.54 Å². The standard InChI is InChI=1S/C10H15N3O/c1-7(2)9-12-13-10(14-9)8-5-3-4-6-11-8/h8,11H,1,3-6H2,2H3. The van der Waals surface area contributed by atoms with E-state index in [-0.39, 0.29) is 6.04 Å². The second-order valence-corrected chi connectivity index (χ2v) is 3.73. The Morgan fingerprint density at radius 1 is 1.50 bits per heavy atom. The van der Waals surface area contributed by atoms with Crippen LogP contribution in [0.1, 0.15) is 44.0 Å². The SMILES string of the molecule is C=C(C)c1nnc(C2CCCCN2)o1. The molecule has 1 atom stereocenters. The van der Waals surface area contributed by atoms with E-state index in [1.807, 2.05) is 6.92 Å². The lowest BCUT2D eigenvalue weighted by Gasteiger charge is -2.19. The van der Waals surface area contributed by atoms with Gasteiger partial charge in [-0.05, 0) is 26.3 Å². The molecule has 1 N–H and O–H groups in total. The third-order valence-electron chi connectivity index (χ3n) is 2.41. The van der Waals surface area contributed by atoms with Crippen molar-refractivity contribution < 1.29 is 4.42 Å². The van der Waals surface area contributed by atoms with E-state index in [1.165, 1.54) is 12.8 Å². The summed E-state index contributed by atoms with van der Waals surface area (Å²) in [5.41, 5.74) is 0.819. The van der Waals surface area contributed by atoms with Crippen molar-refractivity contribution in [1.82, 2.24) is 15.5 Å². The van der Waals surface area contributed by atoms with Crippen LogP contribution < -0.4 is 5.32 Å². The van der Waals surface area contributed by atoms with Gasteiger partial charge < -0.3 is 9.73 Å². The van der Waals surface area contributed by atoms with E-state index >= 15 is 0 Å². The number of hydrogen-bond donors (Lipinski definition) is 1. The van der Waals surface area contributed by atoms with E-state index in [1.54, 1.807) is 0 Å². The predicted molar refractivity (Wildman–Crippen MR) is 53.6 cm³/mol. The number of nitrogens with zero attached hydrogens (tertiary/aromatic N) is 2. The van der Waals surface area contributed by atoms with E-state index in [9.17, 15) is 0 Å². The van der Waals surface area contributed by atoms with Gasteiger partial charge in [-0.2, -0.15) is 0 Å². The van der Waals surface area contributed by atoms with E-state index < -0.39 is 0 Å². The maximum absolute atomic E-state index is 5.50. The Balaban J connectivity index is 2.11. The van der Waals surface area contributed by atoms with Crippen molar-refractivity contribution in [1.29, 1.82) is 0 Å². The molecule has 0 amide bonds. The summed E-state index contributed by atoms with van der Waals surface area (Å²) in [6.07, 6.45) is 3.54. The molecule has 0 bridgehead atoms. The maximum Gasteiger partial charge on any atom is 0.242 e. The van der Waals surface area contributed by atoms with E-state index in [0.29, 0.717) is 11.8 Å². The minimum Gasteiger partial charge on any atom is -0.419 e. The first-order chi connectivity index (χ1) is 6.77. The van der Waals surface area contributed by atoms with Crippen LogP contribution in [0.5, 0.6) is 0 Å². The number of rotatable bonds is 2. The van der Waals surface area contributed by atoms with Crippen LogP contribution in [0.3, 0.4) is 0 Å². The van der Waals surface area contributed by atoms with Gasteiger partial charge in [0.1, 0.15) is 0 Å². The zero-order chi connectivity index (χ0) is 9.97. The molecular weight excluding hydrogens is 178 g/mol. The third kappa shape index (κ3) is 1.85. The topological polar surface area (TPSA) is 51.0 Å². The Labute approximate surface area is 83.4 Å². The molecule has 1 fully saturated rings. The molecule has 1 aliphatic heterocycles. The summed E-state index contributed by atoms with van der Waals surface area (Å²) in [4.78, 5) is 0. The quantitative estimate of drug-likeness (QED) is 0.779. The third-order valence-corrected chi connectivity index (χ3v) is 2.41. The van der Waals surface area contributed by atoms with Crippen molar-refractivity contribution >= 4 is 5.57 Å². The van der Waals surface area contributed by atoms with Gasteiger partial charge in [0.15, 0.2) is 0 Å². The molecule has 1 aromatic heterocycles. The Bertz CT molecular complexity index is 326. The Morgan fingerprint density at radius 2 is 2.36 bits per heavy atom. The van der Waals surface area contributed by atoms with Crippen LogP contribution in [0.15, 0.2) is 11.0 Å². The summed E-state index contributed by atoms with van der Waals surface area (Å²) in [6, 6.07) is 0.240. The molecule has 1 unspecified atom stereocenters. The molecule has 4 heteroatoms. The highest BCUT2D eigenvalue weighted by molar-refractivity contribution is 5.51. The monoisotopic (exact) mass is 193 g/mol. The first kappa shape index (κ1) is 9.40. The number of aromatic nitrogens is 2. The van der Waals surface area contributed by atoms with Gasteiger partial charge in [0, 0.05) is 5.57 Å². The van der Waals surface area contributed by atoms with Gasteiger partial charge in [-0.15, -0.1) is 10.2 Å². The molecule has 76 valence electrons. The lowest BCUT2D eigenvalue weighted by Crippen LogP contribution is -2.26. The number of hydrogen-bond acceptors (Lipinski definition) is 4. The minimum absolute atomic E-state index is 0.240.